The van der Waals surface area contributed by atoms with E-state index in [0.717, 1.165) is 5.56 Å². The summed E-state index contributed by atoms with van der Waals surface area (Å²) in [5, 5.41) is 5.62. The standard InChI is InChI=1S/C12H15N3O2/c1-4-10(16)15-12(2,3)17-11(14-15)9-5-7-13-8-6-9/h5-8H,4H2,1-3H3. The fourth-order valence-electron chi connectivity index (χ4n) is 1.63. The number of hydrazone groups is 1. The Morgan fingerprint density at radius 1 is 1.41 bits per heavy atom. The minimum Gasteiger partial charge on any atom is -0.448 e. The molecule has 90 valence electrons. The van der Waals surface area contributed by atoms with E-state index in [1.54, 1.807) is 31.5 Å². The molecule has 5 nitrogen and oxygen atoms in total. The van der Waals surface area contributed by atoms with Gasteiger partial charge < -0.3 is 4.74 Å². The molecule has 0 saturated carbocycles. The van der Waals surface area contributed by atoms with Gasteiger partial charge in [-0.05, 0) is 26.0 Å². The van der Waals surface area contributed by atoms with Crippen molar-refractivity contribution in [3.63, 3.8) is 0 Å². The lowest BCUT2D eigenvalue weighted by molar-refractivity contribution is -0.144. The largest absolute Gasteiger partial charge is 0.448 e. The molecule has 0 N–H and O–H groups in total. The van der Waals surface area contributed by atoms with Crippen molar-refractivity contribution in [2.75, 3.05) is 0 Å². The molecule has 0 spiro atoms. The Bertz CT molecular complexity index is 454. The fraction of sp³-hybridized carbons (Fsp3) is 0.417. The fourth-order valence-corrected chi connectivity index (χ4v) is 1.63. The average Bonchev–Trinajstić information content (AvgIpc) is 2.65. The first-order chi connectivity index (χ1) is 8.04. The van der Waals surface area contributed by atoms with Crippen molar-refractivity contribution in [2.24, 2.45) is 5.10 Å². The monoisotopic (exact) mass is 233 g/mol. The molecule has 1 aromatic heterocycles. The first-order valence-electron chi connectivity index (χ1n) is 5.55. The summed E-state index contributed by atoms with van der Waals surface area (Å²) in [4.78, 5) is 15.7. The first-order valence-corrected chi connectivity index (χ1v) is 5.55. The van der Waals surface area contributed by atoms with E-state index in [4.69, 9.17) is 4.74 Å². The molecular weight excluding hydrogens is 218 g/mol. The van der Waals surface area contributed by atoms with Crippen LogP contribution in [-0.4, -0.2) is 27.5 Å². The quantitative estimate of drug-likeness (QED) is 0.782. The molecule has 1 aliphatic heterocycles. The molecule has 0 saturated heterocycles. The molecule has 2 rings (SSSR count). The van der Waals surface area contributed by atoms with Gasteiger partial charge in [0.1, 0.15) is 0 Å². The number of amides is 1. The van der Waals surface area contributed by atoms with Crippen LogP contribution in [0, 0.1) is 0 Å². The topological polar surface area (TPSA) is 54.8 Å². The van der Waals surface area contributed by atoms with Crippen LogP contribution in [0.4, 0.5) is 0 Å². The molecule has 0 unspecified atom stereocenters. The van der Waals surface area contributed by atoms with Gasteiger partial charge in [-0.1, -0.05) is 6.92 Å². The Kier molecular flexibility index (Phi) is 2.83. The summed E-state index contributed by atoms with van der Waals surface area (Å²) in [5.74, 6) is 0.401. The Morgan fingerprint density at radius 3 is 2.65 bits per heavy atom. The van der Waals surface area contributed by atoms with Gasteiger partial charge in [0.15, 0.2) is 0 Å². The summed E-state index contributed by atoms with van der Waals surface area (Å²) in [6.07, 6.45) is 3.73. The number of hydrogen-bond acceptors (Lipinski definition) is 4. The highest BCUT2D eigenvalue weighted by molar-refractivity contribution is 5.96. The summed E-state index contributed by atoms with van der Waals surface area (Å²) in [6.45, 7) is 5.44. The number of hydrogen-bond donors (Lipinski definition) is 0. The molecule has 1 aromatic rings. The van der Waals surface area contributed by atoms with Crippen molar-refractivity contribution in [1.29, 1.82) is 0 Å². The minimum absolute atomic E-state index is 0.0564. The lowest BCUT2D eigenvalue weighted by atomic mass is 10.2. The van der Waals surface area contributed by atoms with Gasteiger partial charge >= 0.3 is 0 Å². The van der Waals surface area contributed by atoms with Gasteiger partial charge in [0.2, 0.25) is 17.5 Å². The van der Waals surface area contributed by atoms with Crippen LogP contribution in [-0.2, 0) is 9.53 Å². The minimum atomic E-state index is -0.730. The summed E-state index contributed by atoms with van der Waals surface area (Å²) in [5.41, 5.74) is 0.0885. The van der Waals surface area contributed by atoms with Crippen LogP contribution in [0.2, 0.25) is 0 Å². The van der Waals surface area contributed by atoms with Crippen molar-refractivity contribution in [1.82, 2.24) is 9.99 Å². The van der Waals surface area contributed by atoms with E-state index in [2.05, 4.69) is 10.1 Å². The molecule has 17 heavy (non-hydrogen) atoms. The van der Waals surface area contributed by atoms with Gasteiger partial charge in [0.25, 0.3) is 0 Å². The summed E-state index contributed by atoms with van der Waals surface area (Å²) in [7, 11) is 0. The van der Waals surface area contributed by atoms with Crippen LogP contribution in [0.1, 0.15) is 32.8 Å². The predicted octanol–water partition coefficient (Wildman–Crippen LogP) is 1.75. The van der Waals surface area contributed by atoms with Gasteiger partial charge in [-0.25, -0.2) is 0 Å². The lowest BCUT2D eigenvalue weighted by Gasteiger charge is -2.26. The maximum atomic E-state index is 11.7. The number of aromatic nitrogens is 1. The van der Waals surface area contributed by atoms with Gasteiger partial charge in [0, 0.05) is 24.4 Å². The average molecular weight is 233 g/mol. The third-order valence-corrected chi connectivity index (χ3v) is 2.51. The first kappa shape index (κ1) is 11.6. The summed E-state index contributed by atoms with van der Waals surface area (Å²) in [6, 6.07) is 3.60. The van der Waals surface area contributed by atoms with Crippen molar-refractivity contribution in [2.45, 2.75) is 32.9 Å². The molecule has 5 heteroatoms. The highest BCUT2D eigenvalue weighted by atomic mass is 16.5. The zero-order valence-electron chi connectivity index (χ0n) is 10.2. The normalized spacial score (nSPS) is 17.6. The van der Waals surface area contributed by atoms with Crippen LogP contribution in [0.15, 0.2) is 29.6 Å². The Balaban J connectivity index is 2.31. The molecular formula is C12H15N3O2. The highest BCUT2D eigenvalue weighted by Gasteiger charge is 2.39. The molecule has 0 bridgehead atoms. The second-order valence-electron chi connectivity index (χ2n) is 4.25. The maximum Gasteiger partial charge on any atom is 0.246 e. The molecule has 1 amide bonds. The summed E-state index contributed by atoms with van der Waals surface area (Å²) >= 11 is 0. The van der Waals surface area contributed by atoms with Gasteiger partial charge in [-0.2, -0.15) is 5.01 Å². The zero-order chi connectivity index (χ0) is 12.5. The van der Waals surface area contributed by atoms with Crippen LogP contribution in [0.3, 0.4) is 0 Å². The number of rotatable bonds is 2. The Labute approximate surface area is 100 Å². The highest BCUT2D eigenvalue weighted by Crippen LogP contribution is 2.26. The SMILES string of the molecule is CCC(=O)N1N=C(c2ccncc2)OC1(C)C. The predicted molar refractivity (Wildman–Crippen MR) is 63.1 cm³/mol. The van der Waals surface area contributed by atoms with Crippen LogP contribution in [0.25, 0.3) is 0 Å². The lowest BCUT2D eigenvalue weighted by Crippen LogP contribution is -2.41. The van der Waals surface area contributed by atoms with E-state index in [1.165, 1.54) is 5.01 Å². The van der Waals surface area contributed by atoms with Crippen molar-refractivity contribution < 1.29 is 9.53 Å². The van der Waals surface area contributed by atoms with E-state index in [9.17, 15) is 4.79 Å². The molecule has 1 aliphatic rings. The number of carbonyl (C=O) groups is 1. The summed E-state index contributed by atoms with van der Waals surface area (Å²) < 4.78 is 5.70. The van der Waals surface area contributed by atoms with Crippen molar-refractivity contribution in [3.05, 3.63) is 30.1 Å². The molecule has 0 radical (unpaired) electrons. The van der Waals surface area contributed by atoms with Gasteiger partial charge in [0.05, 0.1) is 0 Å². The number of pyridine rings is 1. The molecule has 0 fully saturated rings. The van der Waals surface area contributed by atoms with Gasteiger partial charge in [-0.15, -0.1) is 5.10 Å². The van der Waals surface area contributed by atoms with Crippen molar-refractivity contribution >= 4 is 11.8 Å². The van der Waals surface area contributed by atoms with E-state index >= 15 is 0 Å². The van der Waals surface area contributed by atoms with Crippen molar-refractivity contribution in [3.8, 4) is 0 Å². The second-order valence-corrected chi connectivity index (χ2v) is 4.25. The van der Waals surface area contributed by atoms with Crippen LogP contribution in [0.5, 0.6) is 0 Å². The smallest absolute Gasteiger partial charge is 0.246 e. The zero-order valence-corrected chi connectivity index (χ0v) is 10.2. The number of carbonyl (C=O) groups excluding carboxylic acids is 1. The molecule has 2 heterocycles. The van der Waals surface area contributed by atoms with Crippen LogP contribution < -0.4 is 0 Å². The van der Waals surface area contributed by atoms with Gasteiger partial charge in [-0.3, -0.25) is 9.78 Å². The molecule has 0 aliphatic carbocycles. The van der Waals surface area contributed by atoms with Crippen LogP contribution >= 0.6 is 0 Å². The maximum absolute atomic E-state index is 11.7. The Hall–Kier alpha value is -1.91. The van der Waals surface area contributed by atoms with E-state index in [1.807, 2.05) is 13.8 Å². The Morgan fingerprint density at radius 2 is 2.06 bits per heavy atom. The third-order valence-electron chi connectivity index (χ3n) is 2.51. The molecule has 0 aromatic carbocycles. The third kappa shape index (κ3) is 2.13. The number of nitrogens with zero attached hydrogens (tertiary/aromatic N) is 3. The van der Waals surface area contributed by atoms with E-state index in [0.29, 0.717) is 12.3 Å². The van der Waals surface area contributed by atoms with E-state index in [-0.39, 0.29) is 5.91 Å². The van der Waals surface area contributed by atoms with E-state index < -0.39 is 5.72 Å². The number of ether oxygens (including phenoxy) is 1. The second kappa shape index (κ2) is 4.16. The molecule has 0 atom stereocenters.